The molecule has 1 saturated heterocycles. The van der Waals surface area contributed by atoms with E-state index in [1.54, 1.807) is 6.33 Å². The topological polar surface area (TPSA) is 57.4 Å². The molecule has 0 spiro atoms. The van der Waals surface area contributed by atoms with Crippen molar-refractivity contribution in [3.05, 3.63) is 12.2 Å². The summed E-state index contributed by atoms with van der Waals surface area (Å²) in [5.74, 6) is 1.01. The summed E-state index contributed by atoms with van der Waals surface area (Å²) in [6.07, 6.45) is 1.36. The molecule has 1 aliphatic rings. The summed E-state index contributed by atoms with van der Waals surface area (Å²) < 4.78 is 1.82. The number of rotatable bonds is 4. The molecule has 1 N–H and O–H groups in total. The van der Waals surface area contributed by atoms with Crippen LogP contribution in [0.1, 0.15) is 12.7 Å². The molecule has 0 amide bonds. The first-order valence-corrected chi connectivity index (χ1v) is 6.11. The van der Waals surface area contributed by atoms with Gasteiger partial charge in [0.1, 0.15) is 12.2 Å². The van der Waals surface area contributed by atoms with E-state index in [9.17, 15) is 5.11 Å². The van der Waals surface area contributed by atoms with Gasteiger partial charge in [-0.15, -0.1) is 0 Å². The Labute approximate surface area is 102 Å². The van der Waals surface area contributed by atoms with Gasteiger partial charge in [0.05, 0.1) is 12.6 Å². The van der Waals surface area contributed by atoms with Gasteiger partial charge in [0.15, 0.2) is 0 Å². The smallest absolute Gasteiger partial charge is 0.140 e. The Balaban J connectivity index is 1.78. The second-order valence-electron chi connectivity index (χ2n) is 4.73. The van der Waals surface area contributed by atoms with Crippen LogP contribution in [0.2, 0.25) is 0 Å². The Morgan fingerprint density at radius 3 is 2.47 bits per heavy atom. The third-order valence-corrected chi connectivity index (χ3v) is 3.16. The van der Waals surface area contributed by atoms with Gasteiger partial charge in [0.25, 0.3) is 0 Å². The molecule has 6 nitrogen and oxygen atoms in total. The van der Waals surface area contributed by atoms with E-state index < -0.39 is 0 Å². The average molecular weight is 239 g/mol. The van der Waals surface area contributed by atoms with Crippen LogP contribution >= 0.6 is 0 Å². The molecule has 0 unspecified atom stereocenters. The number of aliphatic hydroxyl groups is 1. The first-order chi connectivity index (χ1) is 8.15. The van der Waals surface area contributed by atoms with Crippen LogP contribution in [0.5, 0.6) is 0 Å². The molecular formula is C11H21N5O. The zero-order valence-corrected chi connectivity index (χ0v) is 10.6. The predicted molar refractivity (Wildman–Crippen MR) is 64.4 cm³/mol. The normalized spacial score (nSPS) is 20.6. The van der Waals surface area contributed by atoms with Gasteiger partial charge in [0, 0.05) is 39.8 Å². The minimum atomic E-state index is -0.236. The molecule has 1 atom stereocenters. The fourth-order valence-corrected chi connectivity index (χ4v) is 2.17. The molecule has 0 radical (unpaired) electrons. The maximum atomic E-state index is 9.34. The third-order valence-electron chi connectivity index (χ3n) is 3.16. The lowest BCUT2D eigenvalue weighted by atomic mass is 10.2. The number of hydrogen-bond acceptors (Lipinski definition) is 5. The zero-order valence-electron chi connectivity index (χ0n) is 10.6. The van der Waals surface area contributed by atoms with Crippen molar-refractivity contribution in [3.63, 3.8) is 0 Å². The lowest BCUT2D eigenvalue weighted by Crippen LogP contribution is -2.48. The number of piperazine rings is 1. The molecule has 2 heterocycles. The highest BCUT2D eigenvalue weighted by Crippen LogP contribution is 2.06. The van der Waals surface area contributed by atoms with E-state index >= 15 is 0 Å². The molecular weight excluding hydrogens is 218 g/mol. The van der Waals surface area contributed by atoms with Crippen LogP contribution in [0.4, 0.5) is 0 Å². The van der Waals surface area contributed by atoms with E-state index in [0.29, 0.717) is 0 Å². The second-order valence-corrected chi connectivity index (χ2v) is 4.73. The highest BCUT2D eigenvalue weighted by molar-refractivity contribution is 4.85. The maximum absolute atomic E-state index is 9.34. The Morgan fingerprint density at radius 1 is 1.29 bits per heavy atom. The van der Waals surface area contributed by atoms with E-state index in [2.05, 4.69) is 19.9 Å². The van der Waals surface area contributed by atoms with Gasteiger partial charge in [0.2, 0.25) is 0 Å². The number of nitrogens with zero attached hydrogens (tertiary/aromatic N) is 5. The Morgan fingerprint density at radius 2 is 1.94 bits per heavy atom. The minimum absolute atomic E-state index is 0.236. The van der Waals surface area contributed by atoms with Gasteiger partial charge in [-0.25, -0.2) is 4.98 Å². The van der Waals surface area contributed by atoms with Crippen LogP contribution in [0, 0.1) is 0 Å². The summed E-state index contributed by atoms with van der Waals surface area (Å²) in [6, 6.07) is 0. The fourth-order valence-electron chi connectivity index (χ4n) is 2.17. The van der Waals surface area contributed by atoms with Crippen LogP contribution in [-0.2, 0) is 13.6 Å². The molecule has 0 aliphatic carbocycles. The van der Waals surface area contributed by atoms with E-state index in [0.717, 1.165) is 45.1 Å². The van der Waals surface area contributed by atoms with Gasteiger partial charge in [-0.05, 0) is 6.92 Å². The Bertz CT molecular complexity index is 343. The van der Waals surface area contributed by atoms with Crippen molar-refractivity contribution in [1.82, 2.24) is 24.6 Å². The summed E-state index contributed by atoms with van der Waals surface area (Å²) in [6.45, 7) is 7.56. The molecule has 6 heteroatoms. The van der Waals surface area contributed by atoms with E-state index in [4.69, 9.17) is 0 Å². The van der Waals surface area contributed by atoms with Crippen LogP contribution in [0.15, 0.2) is 6.33 Å². The quantitative estimate of drug-likeness (QED) is 0.754. The Hall–Kier alpha value is -0.980. The van der Waals surface area contributed by atoms with Crippen molar-refractivity contribution < 1.29 is 5.11 Å². The van der Waals surface area contributed by atoms with Gasteiger partial charge < -0.3 is 5.11 Å². The molecule has 1 aromatic heterocycles. The largest absolute Gasteiger partial charge is 0.392 e. The summed E-state index contributed by atoms with van der Waals surface area (Å²) >= 11 is 0. The maximum Gasteiger partial charge on any atom is 0.140 e. The van der Waals surface area contributed by atoms with E-state index in [1.165, 1.54) is 0 Å². The third kappa shape index (κ3) is 3.49. The summed E-state index contributed by atoms with van der Waals surface area (Å²) in [5, 5.41) is 13.4. The second kappa shape index (κ2) is 5.57. The van der Waals surface area contributed by atoms with Crippen molar-refractivity contribution in [2.75, 3.05) is 32.7 Å². The molecule has 17 heavy (non-hydrogen) atoms. The molecule has 96 valence electrons. The van der Waals surface area contributed by atoms with Crippen LogP contribution in [0.25, 0.3) is 0 Å². The minimum Gasteiger partial charge on any atom is -0.392 e. The number of aryl methyl sites for hydroxylation is 1. The molecule has 1 aromatic rings. The molecule has 0 saturated carbocycles. The zero-order chi connectivity index (χ0) is 12.3. The average Bonchev–Trinajstić information content (AvgIpc) is 2.67. The van der Waals surface area contributed by atoms with Gasteiger partial charge in [-0.2, -0.15) is 5.10 Å². The van der Waals surface area contributed by atoms with Crippen molar-refractivity contribution in [3.8, 4) is 0 Å². The molecule has 2 rings (SSSR count). The highest BCUT2D eigenvalue weighted by Gasteiger charge is 2.18. The van der Waals surface area contributed by atoms with Crippen LogP contribution in [0.3, 0.4) is 0 Å². The van der Waals surface area contributed by atoms with E-state index in [1.807, 2.05) is 18.7 Å². The van der Waals surface area contributed by atoms with Crippen molar-refractivity contribution in [2.24, 2.45) is 7.05 Å². The van der Waals surface area contributed by atoms with Crippen LogP contribution in [-0.4, -0.2) is 68.5 Å². The fraction of sp³-hybridized carbons (Fsp3) is 0.818. The molecule has 1 aliphatic heterocycles. The SMILES string of the molecule is C[C@@H](O)CN1CCN(Cc2ncnn2C)CC1. The first kappa shape index (κ1) is 12.5. The van der Waals surface area contributed by atoms with Crippen LogP contribution < -0.4 is 0 Å². The summed E-state index contributed by atoms with van der Waals surface area (Å²) in [5.41, 5.74) is 0. The number of β-amino-alcohol motifs (C(OH)–C–C–N with tert-alkyl or cyclic N) is 1. The van der Waals surface area contributed by atoms with Crippen molar-refractivity contribution >= 4 is 0 Å². The number of hydrogen-bond donors (Lipinski definition) is 1. The number of aliphatic hydroxyl groups excluding tert-OH is 1. The molecule has 0 aromatic carbocycles. The van der Waals surface area contributed by atoms with Gasteiger partial charge in [-0.1, -0.05) is 0 Å². The first-order valence-electron chi connectivity index (χ1n) is 6.11. The summed E-state index contributed by atoms with van der Waals surface area (Å²) in [7, 11) is 1.92. The van der Waals surface area contributed by atoms with Crippen molar-refractivity contribution in [1.29, 1.82) is 0 Å². The lowest BCUT2D eigenvalue weighted by Gasteiger charge is -2.34. The van der Waals surface area contributed by atoms with Gasteiger partial charge in [-0.3, -0.25) is 14.5 Å². The van der Waals surface area contributed by atoms with Crippen molar-refractivity contribution in [2.45, 2.75) is 19.6 Å². The monoisotopic (exact) mass is 239 g/mol. The predicted octanol–water partition coefficient (Wildman–Crippen LogP) is -0.686. The number of aromatic nitrogens is 3. The van der Waals surface area contributed by atoms with Gasteiger partial charge >= 0.3 is 0 Å². The highest BCUT2D eigenvalue weighted by atomic mass is 16.3. The molecule has 1 fully saturated rings. The van der Waals surface area contributed by atoms with E-state index in [-0.39, 0.29) is 6.10 Å². The lowest BCUT2D eigenvalue weighted by molar-refractivity contribution is 0.0766. The summed E-state index contributed by atoms with van der Waals surface area (Å²) in [4.78, 5) is 8.91. The Kier molecular flexibility index (Phi) is 4.09. The standard InChI is InChI=1S/C11H21N5O/c1-10(17)7-15-3-5-16(6-4-15)8-11-12-9-13-14(11)2/h9-10,17H,3-8H2,1-2H3/t10-/m1/s1. The molecule has 0 bridgehead atoms.